The second-order valence-corrected chi connectivity index (χ2v) is 12.4. The highest BCUT2D eigenvalue weighted by Gasteiger charge is 2.16. The third-order valence-corrected chi connectivity index (χ3v) is 8.74. The molecule has 10 heteroatoms. The van der Waals surface area contributed by atoms with Gasteiger partial charge in [0.15, 0.2) is 0 Å². The summed E-state index contributed by atoms with van der Waals surface area (Å²) in [7, 11) is 0. The van der Waals surface area contributed by atoms with E-state index >= 15 is 0 Å². The first-order valence-corrected chi connectivity index (χ1v) is 16.4. The van der Waals surface area contributed by atoms with Crippen molar-refractivity contribution in [3.63, 3.8) is 0 Å². The normalized spacial score (nSPS) is 13.6. The maximum Gasteiger partial charge on any atom is 0.129 e. The van der Waals surface area contributed by atoms with Crippen LogP contribution in [0, 0.1) is 23.3 Å². The molecule has 5 heterocycles. The van der Waals surface area contributed by atoms with Crippen molar-refractivity contribution >= 4 is 46.4 Å². The van der Waals surface area contributed by atoms with Crippen molar-refractivity contribution in [2.24, 2.45) is 0 Å². The number of rotatable bonds is 10. The highest BCUT2D eigenvalue weighted by atomic mass is 19.1. The predicted molar refractivity (Wildman–Crippen MR) is 188 cm³/mol. The van der Waals surface area contributed by atoms with Gasteiger partial charge in [-0.2, -0.15) is 0 Å². The van der Waals surface area contributed by atoms with Gasteiger partial charge >= 0.3 is 0 Å². The minimum atomic E-state index is -0.618. The third-order valence-electron chi connectivity index (χ3n) is 8.74. The second-order valence-electron chi connectivity index (χ2n) is 12.4. The summed E-state index contributed by atoms with van der Waals surface area (Å²) in [4.78, 5) is 16.5. The van der Waals surface area contributed by atoms with Gasteiger partial charge in [0.1, 0.15) is 23.3 Å². The zero-order chi connectivity index (χ0) is 34.8. The smallest absolute Gasteiger partial charge is 0.129 e. The fourth-order valence-corrected chi connectivity index (χ4v) is 6.13. The highest BCUT2D eigenvalue weighted by molar-refractivity contribution is 5.79. The summed E-state index contributed by atoms with van der Waals surface area (Å²) in [6, 6.07) is 18.9. The Labute approximate surface area is 286 Å². The molecular weight excluding hydrogens is 644 g/mol. The van der Waals surface area contributed by atoms with Crippen molar-refractivity contribution < 1.29 is 27.0 Å². The van der Waals surface area contributed by atoms with E-state index in [4.69, 9.17) is 19.4 Å². The number of fused-ring (bicyclic) bond motifs is 8. The van der Waals surface area contributed by atoms with E-state index in [0.717, 1.165) is 68.1 Å². The van der Waals surface area contributed by atoms with E-state index in [1.165, 1.54) is 24.3 Å². The molecule has 0 saturated carbocycles. The molecule has 2 aromatic carbocycles. The minimum Gasteiger partial charge on any atom is -0.373 e. The van der Waals surface area contributed by atoms with Gasteiger partial charge in [-0.25, -0.2) is 27.5 Å². The molecule has 3 aromatic heterocycles. The molecule has 0 amide bonds. The van der Waals surface area contributed by atoms with Crippen molar-refractivity contribution in [3.05, 3.63) is 141 Å². The molecule has 2 unspecified atom stereocenters. The topological polar surface area (TPSA) is 75.8 Å². The van der Waals surface area contributed by atoms with Crippen LogP contribution in [0.25, 0.3) is 46.4 Å². The Bertz CT molecular complexity index is 2290. The van der Waals surface area contributed by atoms with Crippen molar-refractivity contribution in [2.75, 3.05) is 13.2 Å². The van der Waals surface area contributed by atoms with Gasteiger partial charge in [0.25, 0.3) is 0 Å². The number of hydrogen-bond donors (Lipinski definition) is 2. The maximum absolute atomic E-state index is 14.2. The van der Waals surface area contributed by atoms with Crippen molar-refractivity contribution in [1.82, 2.24) is 19.9 Å². The lowest BCUT2D eigenvalue weighted by atomic mass is 10.1. The average molecular weight is 679 g/mol. The molecule has 7 rings (SSSR count). The zero-order valence-corrected chi connectivity index (χ0v) is 27.4. The highest BCUT2D eigenvalue weighted by Crippen LogP contribution is 2.29. The van der Waals surface area contributed by atoms with Crippen LogP contribution >= 0.6 is 0 Å². The number of aromatic nitrogens is 4. The molecule has 2 aliphatic rings. The number of hydrogen-bond acceptors (Lipinski definition) is 4. The van der Waals surface area contributed by atoms with Crippen molar-refractivity contribution in [1.29, 1.82) is 0 Å². The van der Waals surface area contributed by atoms with Gasteiger partial charge in [0.2, 0.25) is 0 Å². The number of aromatic amines is 2. The summed E-state index contributed by atoms with van der Waals surface area (Å²) in [5.41, 5.74) is 8.81. The Morgan fingerprint density at radius 2 is 0.980 bits per heavy atom. The number of benzene rings is 2. The molecule has 0 radical (unpaired) electrons. The van der Waals surface area contributed by atoms with Crippen LogP contribution in [0.4, 0.5) is 17.6 Å². The Morgan fingerprint density at radius 1 is 0.540 bits per heavy atom. The van der Waals surface area contributed by atoms with Gasteiger partial charge in [-0.05, 0) is 111 Å². The lowest BCUT2D eigenvalue weighted by Crippen LogP contribution is -2.05. The number of halogens is 4. The van der Waals surface area contributed by atoms with E-state index in [1.54, 1.807) is 0 Å². The molecule has 0 saturated heterocycles. The first kappa shape index (κ1) is 33.2. The van der Waals surface area contributed by atoms with E-state index in [-0.39, 0.29) is 38.3 Å². The second kappa shape index (κ2) is 14.3. The minimum absolute atomic E-state index is 0.228. The maximum atomic E-state index is 14.2. The molecule has 5 aromatic rings. The van der Waals surface area contributed by atoms with Gasteiger partial charge in [0, 0.05) is 45.3 Å². The molecule has 254 valence electrons. The number of ether oxygens (including phenoxy) is 2. The summed E-state index contributed by atoms with van der Waals surface area (Å²) in [5.74, 6) is -2.43. The molecule has 0 fully saturated rings. The zero-order valence-electron chi connectivity index (χ0n) is 27.4. The summed E-state index contributed by atoms with van der Waals surface area (Å²) < 4.78 is 67.6. The lowest BCUT2D eigenvalue weighted by Gasteiger charge is -2.13. The molecule has 2 aliphatic heterocycles. The summed E-state index contributed by atoms with van der Waals surface area (Å²) in [5, 5.41) is 0. The van der Waals surface area contributed by atoms with E-state index in [2.05, 4.69) is 9.97 Å². The monoisotopic (exact) mass is 678 g/mol. The van der Waals surface area contributed by atoms with Gasteiger partial charge in [-0.3, -0.25) is 0 Å². The SMILES string of the molecule is CC(OCCc1ccc(F)cc1F)c1cc2cc3[nH]c(cc4nc(cc5nc(cc1[nH]2)C=C5)C=C4)cc3C(C)OCCc1ccc(F)cc1F. The Hall–Kier alpha value is -5.32. The quantitative estimate of drug-likeness (QED) is 0.141. The molecule has 8 bridgehead atoms. The van der Waals surface area contributed by atoms with Crippen LogP contribution in [0.15, 0.2) is 72.8 Å². The average Bonchev–Trinajstić information content (AvgIpc) is 3.88. The molecule has 2 atom stereocenters. The first-order chi connectivity index (χ1) is 24.2. The van der Waals surface area contributed by atoms with Gasteiger partial charge < -0.3 is 19.4 Å². The molecule has 6 nitrogen and oxygen atoms in total. The van der Waals surface area contributed by atoms with Gasteiger partial charge in [-0.15, -0.1) is 0 Å². The van der Waals surface area contributed by atoms with Crippen LogP contribution in [0.5, 0.6) is 0 Å². The van der Waals surface area contributed by atoms with Crippen LogP contribution in [-0.4, -0.2) is 33.1 Å². The summed E-state index contributed by atoms with van der Waals surface area (Å²) >= 11 is 0. The molecule has 50 heavy (non-hydrogen) atoms. The molecule has 0 aliphatic carbocycles. The van der Waals surface area contributed by atoms with Crippen LogP contribution in [-0.2, 0) is 22.3 Å². The number of H-pyrrole nitrogens is 2. The Morgan fingerprint density at radius 3 is 1.48 bits per heavy atom. The van der Waals surface area contributed by atoms with Crippen molar-refractivity contribution in [3.8, 4) is 0 Å². The van der Waals surface area contributed by atoms with Crippen LogP contribution in [0.3, 0.4) is 0 Å². The Kier molecular flexibility index (Phi) is 9.47. The third kappa shape index (κ3) is 7.61. The standard InChI is InChI=1S/C40H34F4N4O2/c1-23(49-13-11-25-3-5-27(41)15-37(25)43)35-19-33-18-31-8-7-29(45-31)17-30-9-10-32(46-30)21-39-36(20-34(48-39)22-40(35)47-33)24(2)50-14-12-26-4-6-28(42)16-38(26)44/h3-10,15-24,47-48H,11-14H2,1-2H3. The number of nitrogens with zero attached hydrogens (tertiary/aromatic N) is 2. The number of nitrogens with one attached hydrogen (secondary N) is 2. The largest absolute Gasteiger partial charge is 0.373 e. The fraction of sp³-hybridized carbons (Fsp3) is 0.200. The van der Waals surface area contributed by atoms with E-state index in [0.29, 0.717) is 11.1 Å². The van der Waals surface area contributed by atoms with Crippen LogP contribution in [0.2, 0.25) is 0 Å². The van der Waals surface area contributed by atoms with Gasteiger partial charge in [0.05, 0.1) is 48.2 Å². The Balaban J connectivity index is 1.25. The lowest BCUT2D eigenvalue weighted by molar-refractivity contribution is 0.0686. The predicted octanol–water partition coefficient (Wildman–Crippen LogP) is 9.85. The molecule has 0 spiro atoms. The van der Waals surface area contributed by atoms with Crippen molar-refractivity contribution in [2.45, 2.75) is 38.9 Å². The summed E-state index contributed by atoms with van der Waals surface area (Å²) in [6.07, 6.45) is 7.57. The van der Waals surface area contributed by atoms with E-state index in [9.17, 15) is 17.6 Å². The summed E-state index contributed by atoms with van der Waals surface area (Å²) in [6.45, 7) is 4.32. The van der Waals surface area contributed by atoms with Gasteiger partial charge in [-0.1, -0.05) is 12.1 Å². The first-order valence-electron chi connectivity index (χ1n) is 16.4. The molecule has 2 N–H and O–H groups in total. The van der Waals surface area contributed by atoms with Crippen LogP contribution in [0.1, 0.15) is 71.1 Å². The van der Waals surface area contributed by atoms with Crippen LogP contribution < -0.4 is 0 Å². The van der Waals surface area contributed by atoms with E-state index < -0.39 is 23.3 Å². The van der Waals surface area contributed by atoms with E-state index in [1.807, 2.05) is 74.5 Å². The fourth-order valence-electron chi connectivity index (χ4n) is 6.13. The molecular formula is C40H34F4N4O2.